The maximum atomic E-state index is 11.4. The first-order valence-electron chi connectivity index (χ1n) is 4.52. The van der Waals surface area contributed by atoms with Gasteiger partial charge in [0.1, 0.15) is 6.61 Å². The van der Waals surface area contributed by atoms with Crippen LogP contribution in [0.25, 0.3) is 0 Å². The number of rotatable bonds is 4. The van der Waals surface area contributed by atoms with Gasteiger partial charge in [0.25, 0.3) is 0 Å². The Morgan fingerprint density at radius 3 is 3.00 bits per heavy atom. The van der Waals surface area contributed by atoms with E-state index in [1.807, 2.05) is 0 Å². The molecule has 0 radical (unpaired) electrons. The molecule has 0 aliphatic carbocycles. The molecule has 1 fully saturated rings. The van der Waals surface area contributed by atoms with Crippen molar-refractivity contribution in [1.82, 2.24) is 10.2 Å². The van der Waals surface area contributed by atoms with Gasteiger partial charge in [-0.05, 0) is 6.42 Å². The molecule has 6 heteroatoms. The van der Waals surface area contributed by atoms with E-state index in [1.165, 1.54) is 0 Å². The van der Waals surface area contributed by atoms with Gasteiger partial charge < -0.3 is 20.7 Å². The predicted molar refractivity (Wildman–Crippen MR) is 49.6 cm³/mol. The lowest BCUT2D eigenvalue weighted by Gasteiger charge is -2.11. The van der Waals surface area contributed by atoms with Gasteiger partial charge in [-0.15, -0.1) is 0 Å². The standard InChI is InChI=1S/C8H15N3O3/c1-11-4-2-6(7(11)12)10-3-5-14-8(9)13/h6,10H,2-5H2,1H3,(H2,9,13). The van der Waals surface area contributed by atoms with Crippen LogP contribution in [0.15, 0.2) is 0 Å². The topological polar surface area (TPSA) is 84.7 Å². The zero-order chi connectivity index (χ0) is 10.6. The van der Waals surface area contributed by atoms with Gasteiger partial charge in [0.2, 0.25) is 5.91 Å². The second kappa shape index (κ2) is 4.80. The largest absolute Gasteiger partial charge is 0.448 e. The molecule has 1 unspecified atom stereocenters. The first-order valence-corrected chi connectivity index (χ1v) is 4.52. The number of hydrogen-bond acceptors (Lipinski definition) is 4. The summed E-state index contributed by atoms with van der Waals surface area (Å²) in [5.41, 5.74) is 4.77. The van der Waals surface area contributed by atoms with Crippen molar-refractivity contribution >= 4 is 12.0 Å². The SMILES string of the molecule is CN1CCC(NCCOC(N)=O)C1=O. The number of hydrogen-bond donors (Lipinski definition) is 2. The lowest BCUT2D eigenvalue weighted by atomic mass is 10.2. The fraction of sp³-hybridized carbons (Fsp3) is 0.750. The van der Waals surface area contributed by atoms with Crippen LogP contribution >= 0.6 is 0 Å². The zero-order valence-electron chi connectivity index (χ0n) is 8.16. The van der Waals surface area contributed by atoms with Gasteiger partial charge in [-0.2, -0.15) is 0 Å². The second-order valence-electron chi connectivity index (χ2n) is 3.22. The van der Waals surface area contributed by atoms with Crippen molar-refractivity contribution in [2.45, 2.75) is 12.5 Å². The Hall–Kier alpha value is -1.30. The average molecular weight is 201 g/mol. The normalized spacial score (nSPS) is 21.4. The monoisotopic (exact) mass is 201 g/mol. The van der Waals surface area contributed by atoms with Crippen LogP contribution in [0.5, 0.6) is 0 Å². The molecule has 1 rings (SSSR count). The van der Waals surface area contributed by atoms with Crippen molar-refractivity contribution in [3.8, 4) is 0 Å². The Morgan fingerprint density at radius 2 is 2.50 bits per heavy atom. The Bertz CT molecular complexity index is 232. The number of likely N-dealkylation sites (tertiary alicyclic amines) is 1. The summed E-state index contributed by atoms with van der Waals surface area (Å²) >= 11 is 0. The summed E-state index contributed by atoms with van der Waals surface area (Å²) in [5.74, 6) is 0.0871. The molecule has 0 aromatic carbocycles. The maximum Gasteiger partial charge on any atom is 0.404 e. The number of nitrogens with two attached hydrogens (primary N) is 1. The third-order valence-electron chi connectivity index (χ3n) is 2.16. The molecular formula is C8H15N3O3. The van der Waals surface area contributed by atoms with Crippen LogP contribution in [0.2, 0.25) is 0 Å². The van der Waals surface area contributed by atoms with Gasteiger partial charge in [0, 0.05) is 20.1 Å². The number of carbonyl (C=O) groups is 2. The summed E-state index contributed by atoms with van der Waals surface area (Å²) in [6.45, 7) is 1.42. The molecule has 1 aliphatic rings. The predicted octanol–water partition coefficient (Wildman–Crippen LogP) is -1.10. The van der Waals surface area contributed by atoms with Crippen molar-refractivity contribution in [2.24, 2.45) is 5.73 Å². The third-order valence-corrected chi connectivity index (χ3v) is 2.16. The van der Waals surface area contributed by atoms with E-state index in [4.69, 9.17) is 5.73 Å². The zero-order valence-corrected chi connectivity index (χ0v) is 8.16. The number of primary amides is 1. The fourth-order valence-electron chi connectivity index (χ4n) is 1.40. The fourth-order valence-corrected chi connectivity index (χ4v) is 1.40. The van der Waals surface area contributed by atoms with Crippen molar-refractivity contribution in [1.29, 1.82) is 0 Å². The summed E-state index contributed by atoms with van der Waals surface area (Å²) < 4.78 is 4.52. The molecule has 1 heterocycles. The third kappa shape index (κ3) is 2.88. The Kier molecular flexibility index (Phi) is 3.70. The van der Waals surface area contributed by atoms with E-state index in [9.17, 15) is 9.59 Å². The number of amides is 2. The van der Waals surface area contributed by atoms with Gasteiger partial charge in [0.05, 0.1) is 6.04 Å². The summed E-state index contributed by atoms with van der Waals surface area (Å²) in [6.07, 6.45) is 0.00740. The minimum Gasteiger partial charge on any atom is -0.448 e. The first-order chi connectivity index (χ1) is 6.61. The van der Waals surface area contributed by atoms with Gasteiger partial charge >= 0.3 is 6.09 Å². The van der Waals surface area contributed by atoms with Crippen molar-refractivity contribution in [2.75, 3.05) is 26.7 Å². The quantitative estimate of drug-likeness (QED) is 0.565. The molecule has 2 amide bonds. The molecule has 0 bridgehead atoms. The number of likely N-dealkylation sites (N-methyl/N-ethyl adjacent to an activating group) is 1. The van der Waals surface area contributed by atoms with E-state index in [1.54, 1.807) is 11.9 Å². The van der Waals surface area contributed by atoms with Crippen molar-refractivity contribution in [3.63, 3.8) is 0 Å². The van der Waals surface area contributed by atoms with Crippen LogP contribution in [0.4, 0.5) is 4.79 Å². The molecule has 0 aromatic heterocycles. The molecule has 0 aromatic rings. The Balaban J connectivity index is 2.13. The summed E-state index contributed by atoms with van der Waals surface area (Å²) in [4.78, 5) is 23.2. The second-order valence-corrected chi connectivity index (χ2v) is 3.22. The van der Waals surface area contributed by atoms with E-state index in [0.717, 1.165) is 13.0 Å². The van der Waals surface area contributed by atoms with Gasteiger partial charge in [-0.25, -0.2) is 4.79 Å². The molecule has 0 spiro atoms. The lowest BCUT2D eigenvalue weighted by molar-refractivity contribution is -0.128. The number of nitrogens with one attached hydrogen (secondary N) is 1. The van der Waals surface area contributed by atoms with E-state index in [0.29, 0.717) is 6.54 Å². The molecule has 0 saturated carbocycles. The number of ether oxygens (including phenoxy) is 1. The highest BCUT2D eigenvalue weighted by molar-refractivity contribution is 5.83. The number of nitrogens with zero attached hydrogens (tertiary/aromatic N) is 1. The maximum absolute atomic E-state index is 11.4. The van der Waals surface area contributed by atoms with E-state index in [2.05, 4.69) is 10.1 Å². The van der Waals surface area contributed by atoms with Gasteiger partial charge in [0.15, 0.2) is 0 Å². The summed E-state index contributed by atoms with van der Waals surface area (Å²) in [5, 5.41) is 2.99. The molecular weight excluding hydrogens is 186 g/mol. The van der Waals surface area contributed by atoms with Crippen LogP contribution in [-0.2, 0) is 9.53 Å². The van der Waals surface area contributed by atoms with Crippen LogP contribution in [-0.4, -0.2) is 49.7 Å². The van der Waals surface area contributed by atoms with Crippen molar-refractivity contribution < 1.29 is 14.3 Å². The highest BCUT2D eigenvalue weighted by atomic mass is 16.5. The molecule has 6 nitrogen and oxygen atoms in total. The molecule has 1 atom stereocenters. The highest BCUT2D eigenvalue weighted by Crippen LogP contribution is 2.07. The van der Waals surface area contributed by atoms with Gasteiger partial charge in [-0.1, -0.05) is 0 Å². The highest BCUT2D eigenvalue weighted by Gasteiger charge is 2.27. The van der Waals surface area contributed by atoms with E-state index in [-0.39, 0.29) is 18.6 Å². The molecule has 1 aliphatic heterocycles. The van der Waals surface area contributed by atoms with Crippen molar-refractivity contribution in [3.05, 3.63) is 0 Å². The minimum absolute atomic E-state index is 0.0871. The first kappa shape index (κ1) is 10.8. The lowest BCUT2D eigenvalue weighted by Crippen LogP contribution is -2.38. The Labute approximate surface area is 82.4 Å². The summed E-state index contributed by atoms with van der Waals surface area (Å²) in [7, 11) is 1.77. The smallest absolute Gasteiger partial charge is 0.404 e. The van der Waals surface area contributed by atoms with E-state index >= 15 is 0 Å². The minimum atomic E-state index is -0.790. The molecule has 3 N–H and O–H groups in total. The summed E-state index contributed by atoms with van der Waals surface area (Å²) in [6, 6.07) is -0.142. The van der Waals surface area contributed by atoms with Crippen LogP contribution in [0, 0.1) is 0 Å². The van der Waals surface area contributed by atoms with Gasteiger partial charge in [-0.3, -0.25) is 4.79 Å². The molecule has 80 valence electrons. The van der Waals surface area contributed by atoms with Crippen LogP contribution in [0.1, 0.15) is 6.42 Å². The molecule has 1 saturated heterocycles. The van der Waals surface area contributed by atoms with Crippen LogP contribution < -0.4 is 11.1 Å². The number of carbonyl (C=O) groups excluding carboxylic acids is 2. The Morgan fingerprint density at radius 1 is 1.79 bits per heavy atom. The van der Waals surface area contributed by atoms with E-state index < -0.39 is 6.09 Å². The van der Waals surface area contributed by atoms with Crippen LogP contribution in [0.3, 0.4) is 0 Å². The average Bonchev–Trinajstić information content (AvgIpc) is 2.43. The molecule has 14 heavy (non-hydrogen) atoms.